The molecule has 0 unspecified atom stereocenters. The molecule has 1 heterocycles. The van der Waals surface area contributed by atoms with Gasteiger partial charge in [-0.25, -0.2) is 0 Å². The average Bonchev–Trinajstić information content (AvgIpc) is 3.74. The lowest BCUT2D eigenvalue weighted by Gasteiger charge is -2.57. The molecule has 4 saturated carbocycles. The number of rotatable bonds is 9. The monoisotopic (exact) mass is 887 g/mol. The third kappa shape index (κ3) is 6.78. The van der Waals surface area contributed by atoms with Crippen LogP contribution < -0.4 is 9.80 Å². The minimum Gasteiger partial charge on any atom is -0.310 e. The number of benzene rings is 10. The van der Waals surface area contributed by atoms with Gasteiger partial charge in [0.2, 0.25) is 0 Å². The van der Waals surface area contributed by atoms with E-state index in [0.29, 0.717) is 0 Å². The van der Waals surface area contributed by atoms with Crippen LogP contribution in [0.2, 0.25) is 0 Å². The summed E-state index contributed by atoms with van der Waals surface area (Å²) in [5.41, 5.74) is 14.7. The van der Waals surface area contributed by atoms with Crippen molar-refractivity contribution < 1.29 is 0 Å². The SMILES string of the molecule is c1ccc(-c2cccc(N(c3ccc4cc(N(c5ccccc5)c5cc(C67CC8CC(CC(C8)C6)C7)c6ccccc6c5)ccc4c3)c3cccc4c3c3ccccc3n4-c3ccccc3)c2)cc1. The Kier molecular flexibility index (Phi) is 9.40. The quantitative estimate of drug-likeness (QED) is 0.143. The third-order valence-electron chi connectivity index (χ3n) is 16.2. The predicted octanol–water partition coefficient (Wildman–Crippen LogP) is 18.2. The maximum Gasteiger partial charge on any atom is 0.0562 e. The van der Waals surface area contributed by atoms with Crippen LogP contribution in [0.3, 0.4) is 0 Å². The molecule has 0 amide bonds. The highest BCUT2D eigenvalue weighted by Crippen LogP contribution is 2.62. The van der Waals surface area contributed by atoms with Crippen LogP contribution >= 0.6 is 0 Å². The zero-order valence-electron chi connectivity index (χ0n) is 38.8. The molecule has 3 nitrogen and oxygen atoms in total. The van der Waals surface area contributed by atoms with Gasteiger partial charge in [0.1, 0.15) is 0 Å². The van der Waals surface area contributed by atoms with Gasteiger partial charge in [0.05, 0.1) is 16.7 Å². The molecule has 11 aromatic rings. The first-order valence-electron chi connectivity index (χ1n) is 25.1. The van der Waals surface area contributed by atoms with Crippen LogP contribution in [0.15, 0.2) is 231 Å². The van der Waals surface area contributed by atoms with E-state index in [4.69, 9.17) is 0 Å². The molecule has 15 rings (SSSR count). The topological polar surface area (TPSA) is 11.4 Å². The smallest absolute Gasteiger partial charge is 0.0562 e. The van der Waals surface area contributed by atoms with Crippen LogP contribution in [0.5, 0.6) is 0 Å². The fraction of sp³-hybridized carbons (Fsp3) is 0.152. The average molecular weight is 888 g/mol. The Morgan fingerprint density at radius 1 is 0.362 bits per heavy atom. The van der Waals surface area contributed by atoms with Gasteiger partial charge in [-0.15, -0.1) is 0 Å². The van der Waals surface area contributed by atoms with Gasteiger partial charge in [-0.05, 0) is 191 Å². The molecule has 4 aliphatic carbocycles. The fourth-order valence-corrected chi connectivity index (χ4v) is 13.8. The Morgan fingerprint density at radius 2 is 0.899 bits per heavy atom. The second-order valence-electron chi connectivity index (χ2n) is 20.4. The van der Waals surface area contributed by atoms with E-state index in [1.807, 2.05) is 0 Å². The molecule has 3 heteroatoms. The number of hydrogen-bond acceptors (Lipinski definition) is 2. The summed E-state index contributed by atoms with van der Waals surface area (Å²) in [6.45, 7) is 0. The van der Waals surface area contributed by atoms with Gasteiger partial charge in [-0.3, -0.25) is 0 Å². The summed E-state index contributed by atoms with van der Waals surface area (Å²) in [5.74, 6) is 2.63. The van der Waals surface area contributed by atoms with Crippen LogP contribution in [0.1, 0.15) is 44.1 Å². The maximum atomic E-state index is 2.60. The largest absolute Gasteiger partial charge is 0.310 e. The highest BCUT2D eigenvalue weighted by Gasteiger charge is 2.52. The molecule has 0 atom stereocenters. The first-order chi connectivity index (χ1) is 34.1. The number of fused-ring (bicyclic) bond motifs is 5. The van der Waals surface area contributed by atoms with E-state index in [-0.39, 0.29) is 5.41 Å². The van der Waals surface area contributed by atoms with E-state index in [1.165, 1.54) is 110 Å². The number of hydrogen-bond donors (Lipinski definition) is 0. The van der Waals surface area contributed by atoms with Crippen molar-refractivity contribution in [2.75, 3.05) is 9.80 Å². The number of nitrogens with zero attached hydrogens (tertiary/aromatic N) is 3. The summed E-state index contributed by atoms with van der Waals surface area (Å²) in [7, 11) is 0. The summed E-state index contributed by atoms with van der Waals surface area (Å²) in [6.07, 6.45) is 8.35. The van der Waals surface area contributed by atoms with E-state index >= 15 is 0 Å². The van der Waals surface area contributed by atoms with Crippen molar-refractivity contribution >= 4 is 77.5 Å². The molecule has 4 fully saturated rings. The number of para-hydroxylation sites is 3. The van der Waals surface area contributed by atoms with Gasteiger partial charge < -0.3 is 14.4 Å². The highest BCUT2D eigenvalue weighted by molar-refractivity contribution is 6.17. The zero-order valence-corrected chi connectivity index (χ0v) is 38.8. The van der Waals surface area contributed by atoms with Crippen molar-refractivity contribution in [3.8, 4) is 16.8 Å². The van der Waals surface area contributed by atoms with Crippen molar-refractivity contribution in [1.82, 2.24) is 4.57 Å². The Balaban J connectivity index is 0.931. The van der Waals surface area contributed by atoms with Gasteiger partial charge in [-0.2, -0.15) is 0 Å². The van der Waals surface area contributed by atoms with Crippen molar-refractivity contribution in [3.63, 3.8) is 0 Å². The zero-order chi connectivity index (χ0) is 45.5. The van der Waals surface area contributed by atoms with Crippen LogP contribution in [-0.2, 0) is 5.41 Å². The summed E-state index contributed by atoms with van der Waals surface area (Å²) >= 11 is 0. The van der Waals surface area contributed by atoms with E-state index in [9.17, 15) is 0 Å². The molecule has 10 aromatic carbocycles. The molecule has 0 radical (unpaired) electrons. The first-order valence-corrected chi connectivity index (χ1v) is 25.1. The molecule has 0 aliphatic heterocycles. The minimum absolute atomic E-state index is 0.264. The van der Waals surface area contributed by atoms with Gasteiger partial charge in [-0.1, -0.05) is 140 Å². The number of anilines is 6. The highest BCUT2D eigenvalue weighted by atomic mass is 15.2. The molecule has 4 aliphatic rings. The van der Waals surface area contributed by atoms with E-state index in [0.717, 1.165) is 40.5 Å². The Labute approximate surface area is 404 Å². The molecular formula is C66H53N3. The van der Waals surface area contributed by atoms with Crippen LogP contribution in [0.4, 0.5) is 34.1 Å². The van der Waals surface area contributed by atoms with Crippen LogP contribution in [0.25, 0.3) is 60.2 Å². The maximum absolute atomic E-state index is 2.60. The molecule has 0 spiro atoms. The molecule has 0 saturated heterocycles. The Bertz CT molecular complexity index is 3690. The lowest BCUT2D eigenvalue weighted by Crippen LogP contribution is -2.48. The lowest BCUT2D eigenvalue weighted by atomic mass is 9.47. The second kappa shape index (κ2) is 16.1. The van der Waals surface area contributed by atoms with Gasteiger partial charge >= 0.3 is 0 Å². The first kappa shape index (κ1) is 40.2. The molecule has 0 N–H and O–H groups in total. The lowest BCUT2D eigenvalue weighted by molar-refractivity contribution is -0.00448. The fourth-order valence-electron chi connectivity index (χ4n) is 13.8. The summed E-state index contributed by atoms with van der Waals surface area (Å²) in [6, 6.07) is 85.6. The Hall–Kier alpha value is -7.88. The van der Waals surface area contributed by atoms with Gasteiger partial charge in [0, 0.05) is 44.9 Å². The van der Waals surface area contributed by atoms with Gasteiger partial charge in [0.25, 0.3) is 0 Å². The van der Waals surface area contributed by atoms with Crippen LogP contribution in [-0.4, -0.2) is 4.57 Å². The van der Waals surface area contributed by atoms with Crippen molar-refractivity contribution in [2.24, 2.45) is 17.8 Å². The summed E-state index contributed by atoms with van der Waals surface area (Å²) in [5, 5.41) is 7.63. The van der Waals surface area contributed by atoms with Crippen molar-refractivity contribution in [3.05, 3.63) is 236 Å². The van der Waals surface area contributed by atoms with Crippen LogP contribution in [0, 0.1) is 17.8 Å². The molecular weight excluding hydrogens is 835 g/mol. The van der Waals surface area contributed by atoms with Crippen molar-refractivity contribution in [1.29, 1.82) is 0 Å². The standard InChI is InChI=1S/C66H53N3/c1-4-16-48(17-5-1)49-19-14-24-55(37-49)68(63-28-15-29-64-65(63)60-26-12-13-27-62(60)69(64)54-22-8-3-9-23-54)57-33-31-50-38-56(32-30-51(50)39-57)67(53-20-6-2-7-21-53)58-40-52-18-10-11-25-59(52)61(41-58)66-42-45-34-46(43-66)36-47(35-45)44-66/h1-33,37-41,45-47H,34-36,42-44H2. The molecule has 1 aromatic heterocycles. The number of aromatic nitrogens is 1. The molecule has 69 heavy (non-hydrogen) atoms. The Morgan fingerprint density at radius 3 is 1.62 bits per heavy atom. The second-order valence-corrected chi connectivity index (χ2v) is 20.4. The summed E-state index contributed by atoms with van der Waals surface area (Å²) < 4.78 is 2.41. The molecule has 4 bridgehead atoms. The van der Waals surface area contributed by atoms with Gasteiger partial charge in [0.15, 0.2) is 0 Å². The summed E-state index contributed by atoms with van der Waals surface area (Å²) in [4.78, 5) is 4.98. The normalized spacial score (nSPS) is 19.4. The van der Waals surface area contributed by atoms with E-state index < -0.39 is 0 Å². The predicted molar refractivity (Wildman–Crippen MR) is 290 cm³/mol. The van der Waals surface area contributed by atoms with E-state index in [1.54, 1.807) is 5.56 Å². The minimum atomic E-state index is 0.264. The third-order valence-corrected chi connectivity index (χ3v) is 16.2. The van der Waals surface area contributed by atoms with Crippen molar-refractivity contribution in [2.45, 2.75) is 43.9 Å². The van der Waals surface area contributed by atoms with E-state index in [2.05, 4.69) is 245 Å². The molecule has 332 valence electrons.